The van der Waals surface area contributed by atoms with Crippen molar-refractivity contribution in [2.75, 3.05) is 0 Å². The number of Topliss-reactive ketones (excluding diaryl/α,β-unsaturated/α-hetero) is 1. The highest BCUT2D eigenvalue weighted by atomic mass is 16.3. The molecule has 0 saturated heterocycles. The van der Waals surface area contributed by atoms with Crippen LogP contribution in [0.2, 0.25) is 0 Å². The number of rotatable bonds is 2. The predicted octanol–water partition coefficient (Wildman–Crippen LogP) is 5.22. The standard InChI is InChI=1S/C15H16O2.C6H6O.C3H6O.CH4.H2O/c1-15(2,11-3-7-13(16)8-4-11)12-5-9-14(17)10-6-12;7-6-4-2-1-3-5-6;1-3(2)4;;/h3-10,16-17H,1-2H3;1-5,7H;1-2H3;1H4;1H2. The van der Waals surface area contributed by atoms with Crippen LogP contribution >= 0.6 is 0 Å². The van der Waals surface area contributed by atoms with E-state index in [1.54, 1.807) is 48.5 Å². The van der Waals surface area contributed by atoms with Crippen LogP contribution in [-0.2, 0) is 10.2 Å². The van der Waals surface area contributed by atoms with Crippen molar-refractivity contribution in [1.82, 2.24) is 0 Å². The molecule has 0 fully saturated rings. The van der Waals surface area contributed by atoms with Crippen molar-refractivity contribution >= 4 is 5.78 Å². The SMILES string of the molecule is C.CC(C)(c1ccc(O)cc1)c1ccc(O)cc1.CC(C)=O.O.Oc1ccccc1. The Hall–Kier alpha value is -3.31. The fourth-order valence-electron chi connectivity index (χ4n) is 2.35. The van der Waals surface area contributed by atoms with E-state index in [1.807, 2.05) is 30.3 Å². The van der Waals surface area contributed by atoms with Crippen LogP contribution in [0.5, 0.6) is 17.2 Å². The molecule has 0 aliphatic heterocycles. The van der Waals surface area contributed by atoms with Crippen molar-refractivity contribution in [2.45, 2.75) is 40.5 Å². The molecule has 0 saturated carbocycles. The molecule has 30 heavy (non-hydrogen) atoms. The van der Waals surface area contributed by atoms with Crippen molar-refractivity contribution in [2.24, 2.45) is 0 Å². The van der Waals surface area contributed by atoms with Gasteiger partial charge >= 0.3 is 0 Å². The smallest absolute Gasteiger partial charge is 0.126 e. The molecular weight excluding hydrogens is 380 g/mol. The molecule has 3 rings (SSSR count). The van der Waals surface area contributed by atoms with Gasteiger partial charge in [0, 0.05) is 5.41 Å². The topological polar surface area (TPSA) is 109 Å². The molecule has 0 aliphatic carbocycles. The highest BCUT2D eigenvalue weighted by molar-refractivity contribution is 5.72. The third kappa shape index (κ3) is 10.3. The molecule has 0 radical (unpaired) electrons. The number of benzene rings is 3. The summed E-state index contributed by atoms with van der Waals surface area (Å²) >= 11 is 0. The third-order valence-corrected chi connectivity index (χ3v) is 3.93. The molecular formula is C25H34O5. The quantitative estimate of drug-likeness (QED) is 0.534. The second-order valence-corrected chi connectivity index (χ2v) is 6.96. The first-order chi connectivity index (χ1) is 13.1. The monoisotopic (exact) mass is 414 g/mol. The van der Waals surface area contributed by atoms with Crippen LogP contribution in [0.3, 0.4) is 0 Å². The van der Waals surface area contributed by atoms with Crippen LogP contribution in [-0.4, -0.2) is 26.6 Å². The molecule has 0 heterocycles. The Morgan fingerprint density at radius 1 is 0.633 bits per heavy atom. The van der Waals surface area contributed by atoms with Crippen molar-refractivity contribution in [1.29, 1.82) is 0 Å². The maximum atomic E-state index is 9.44. The van der Waals surface area contributed by atoms with E-state index in [0.717, 1.165) is 11.1 Å². The van der Waals surface area contributed by atoms with Crippen LogP contribution in [0.25, 0.3) is 0 Å². The third-order valence-electron chi connectivity index (χ3n) is 3.93. The minimum absolute atomic E-state index is 0. The molecule has 0 atom stereocenters. The first kappa shape index (κ1) is 28.9. The van der Waals surface area contributed by atoms with Gasteiger partial charge in [-0.1, -0.05) is 63.7 Å². The molecule has 0 unspecified atom stereocenters. The van der Waals surface area contributed by atoms with Crippen LogP contribution in [0, 0.1) is 0 Å². The Balaban J connectivity index is 0. The van der Waals surface area contributed by atoms with Crippen LogP contribution < -0.4 is 0 Å². The van der Waals surface area contributed by atoms with Gasteiger partial charge in [-0.15, -0.1) is 0 Å². The number of phenols is 3. The lowest BCUT2D eigenvalue weighted by molar-refractivity contribution is -0.115. The van der Waals surface area contributed by atoms with E-state index in [1.165, 1.54) is 13.8 Å². The number of carbonyl (C=O) groups excluding carboxylic acids is 1. The number of ketones is 1. The molecule has 0 bridgehead atoms. The molecule has 3 aromatic rings. The summed E-state index contributed by atoms with van der Waals surface area (Å²) in [5, 5.41) is 27.2. The second-order valence-electron chi connectivity index (χ2n) is 6.96. The molecule has 164 valence electrons. The lowest BCUT2D eigenvalue weighted by Gasteiger charge is -2.26. The number of phenolic OH excluding ortho intramolecular Hbond substituents is 3. The molecule has 0 aromatic heterocycles. The van der Waals surface area contributed by atoms with Crippen molar-refractivity contribution in [3.8, 4) is 17.2 Å². The van der Waals surface area contributed by atoms with E-state index in [9.17, 15) is 15.0 Å². The predicted molar refractivity (Wildman–Crippen MR) is 123 cm³/mol. The zero-order chi connectivity index (χ0) is 21.2. The van der Waals surface area contributed by atoms with Gasteiger partial charge in [0.1, 0.15) is 23.0 Å². The maximum Gasteiger partial charge on any atom is 0.126 e. The largest absolute Gasteiger partial charge is 0.508 e. The average molecular weight is 415 g/mol. The Morgan fingerprint density at radius 2 is 0.900 bits per heavy atom. The average Bonchev–Trinajstić information content (AvgIpc) is 2.63. The highest BCUT2D eigenvalue weighted by Gasteiger charge is 2.22. The molecule has 0 spiro atoms. The van der Waals surface area contributed by atoms with Gasteiger partial charge in [0.15, 0.2) is 0 Å². The number of aromatic hydroxyl groups is 3. The zero-order valence-electron chi connectivity index (χ0n) is 17.3. The molecule has 0 amide bonds. The summed E-state index contributed by atoms with van der Waals surface area (Å²) < 4.78 is 0. The van der Waals surface area contributed by atoms with Crippen LogP contribution in [0.1, 0.15) is 46.2 Å². The molecule has 5 N–H and O–H groups in total. The van der Waals surface area contributed by atoms with Gasteiger partial charge in [-0.25, -0.2) is 0 Å². The first-order valence-electron chi connectivity index (χ1n) is 8.93. The Morgan fingerprint density at radius 3 is 1.13 bits per heavy atom. The Bertz CT molecular complexity index is 787. The van der Waals surface area contributed by atoms with Gasteiger partial charge in [-0.05, 0) is 61.4 Å². The van der Waals surface area contributed by atoms with E-state index in [4.69, 9.17) is 5.11 Å². The van der Waals surface area contributed by atoms with Gasteiger partial charge in [-0.2, -0.15) is 0 Å². The van der Waals surface area contributed by atoms with E-state index < -0.39 is 0 Å². The van der Waals surface area contributed by atoms with Gasteiger partial charge in [-0.3, -0.25) is 0 Å². The maximum absolute atomic E-state index is 9.44. The number of hydrogen-bond donors (Lipinski definition) is 3. The van der Waals surface area contributed by atoms with Gasteiger partial charge in [0.25, 0.3) is 0 Å². The summed E-state index contributed by atoms with van der Waals surface area (Å²) in [4.78, 5) is 9.44. The molecule has 0 aliphatic rings. The number of hydrogen-bond acceptors (Lipinski definition) is 4. The normalized spacial score (nSPS) is 9.33. The summed E-state index contributed by atoms with van der Waals surface area (Å²) in [5.74, 6) is 1.04. The summed E-state index contributed by atoms with van der Waals surface area (Å²) in [6.45, 7) is 7.29. The van der Waals surface area contributed by atoms with E-state index in [-0.39, 0.29) is 35.6 Å². The fraction of sp³-hybridized carbons (Fsp3) is 0.240. The van der Waals surface area contributed by atoms with Crippen molar-refractivity contribution in [3.63, 3.8) is 0 Å². The van der Waals surface area contributed by atoms with E-state index >= 15 is 0 Å². The number of para-hydroxylation sites is 1. The van der Waals surface area contributed by atoms with Gasteiger partial charge in [0.2, 0.25) is 0 Å². The molecule has 5 nitrogen and oxygen atoms in total. The summed E-state index contributed by atoms with van der Waals surface area (Å²) in [7, 11) is 0. The Labute approximate surface area is 179 Å². The van der Waals surface area contributed by atoms with E-state index in [2.05, 4.69) is 13.8 Å². The first-order valence-corrected chi connectivity index (χ1v) is 8.93. The second kappa shape index (κ2) is 13.8. The van der Waals surface area contributed by atoms with E-state index in [0.29, 0.717) is 5.75 Å². The van der Waals surface area contributed by atoms with Crippen LogP contribution in [0.15, 0.2) is 78.9 Å². The van der Waals surface area contributed by atoms with Crippen molar-refractivity contribution < 1.29 is 25.6 Å². The molecule has 3 aromatic carbocycles. The molecule has 5 heteroatoms. The minimum Gasteiger partial charge on any atom is -0.508 e. The zero-order valence-corrected chi connectivity index (χ0v) is 17.3. The Kier molecular flexibility index (Phi) is 13.3. The summed E-state index contributed by atoms with van der Waals surface area (Å²) in [5.41, 5.74) is 2.10. The lowest BCUT2D eigenvalue weighted by atomic mass is 9.78. The fourth-order valence-corrected chi connectivity index (χ4v) is 2.35. The lowest BCUT2D eigenvalue weighted by Crippen LogP contribution is -2.18. The van der Waals surface area contributed by atoms with Crippen LogP contribution in [0.4, 0.5) is 0 Å². The highest BCUT2D eigenvalue weighted by Crippen LogP contribution is 2.32. The summed E-state index contributed by atoms with van der Waals surface area (Å²) in [6, 6.07) is 23.2. The number of carbonyl (C=O) groups is 1. The van der Waals surface area contributed by atoms with Gasteiger partial charge in [0.05, 0.1) is 0 Å². The van der Waals surface area contributed by atoms with Gasteiger partial charge < -0.3 is 25.6 Å². The summed E-state index contributed by atoms with van der Waals surface area (Å²) in [6.07, 6.45) is 0. The van der Waals surface area contributed by atoms with Crippen molar-refractivity contribution in [3.05, 3.63) is 90.0 Å². The minimum atomic E-state index is -0.151.